The Labute approximate surface area is 169 Å². The van der Waals surface area contributed by atoms with Gasteiger partial charge in [0.05, 0.1) is 6.04 Å². The van der Waals surface area contributed by atoms with Crippen LogP contribution in [0.5, 0.6) is 5.75 Å². The van der Waals surface area contributed by atoms with E-state index in [9.17, 15) is 9.90 Å². The van der Waals surface area contributed by atoms with Crippen LogP contribution in [0.25, 0.3) is 0 Å². The summed E-state index contributed by atoms with van der Waals surface area (Å²) < 4.78 is 5.48. The summed E-state index contributed by atoms with van der Waals surface area (Å²) >= 11 is 0. The maximum Gasteiger partial charge on any atom is 0.275 e. The van der Waals surface area contributed by atoms with Crippen LogP contribution in [-0.4, -0.2) is 47.1 Å². The molecule has 0 bridgehead atoms. The monoisotopic (exact) mass is 392 g/mol. The molecule has 1 fully saturated rings. The number of carbonyl (C=O) groups is 1. The fraction of sp³-hybridized carbons (Fsp3) is 0.273. The van der Waals surface area contributed by atoms with Gasteiger partial charge in [0.25, 0.3) is 5.91 Å². The van der Waals surface area contributed by atoms with Crippen molar-refractivity contribution in [2.45, 2.75) is 12.5 Å². The molecule has 150 valence electrons. The number of hydrogen-bond donors (Lipinski definition) is 2. The van der Waals surface area contributed by atoms with Gasteiger partial charge in [0.2, 0.25) is 5.89 Å². The first-order chi connectivity index (χ1) is 14.1. The van der Waals surface area contributed by atoms with E-state index in [0.29, 0.717) is 25.4 Å². The fourth-order valence-corrected chi connectivity index (χ4v) is 3.50. The third-order valence-corrected chi connectivity index (χ3v) is 5.14. The van der Waals surface area contributed by atoms with Crippen molar-refractivity contribution in [2.24, 2.45) is 5.73 Å². The van der Waals surface area contributed by atoms with E-state index in [1.54, 1.807) is 29.2 Å². The van der Waals surface area contributed by atoms with Crippen molar-refractivity contribution in [1.82, 2.24) is 9.88 Å². The Morgan fingerprint density at radius 2 is 1.76 bits per heavy atom. The number of benzene rings is 2. The van der Waals surface area contributed by atoms with Crippen LogP contribution in [0.15, 0.2) is 65.3 Å². The first kappa shape index (κ1) is 19.0. The molecule has 0 aliphatic carbocycles. The van der Waals surface area contributed by atoms with Crippen molar-refractivity contribution in [3.63, 3.8) is 0 Å². The zero-order valence-electron chi connectivity index (χ0n) is 16.1. The molecule has 0 saturated carbocycles. The van der Waals surface area contributed by atoms with Gasteiger partial charge in [-0.3, -0.25) is 4.79 Å². The molecule has 3 aromatic rings. The molecule has 7 nitrogen and oxygen atoms in total. The Balaban J connectivity index is 1.35. The number of oxazole rings is 1. The molecular formula is C22H24N4O3. The number of phenols is 1. The molecular weight excluding hydrogens is 368 g/mol. The van der Waals surface area contributed by atoms with Crippen LogP contribution in [0.1, 0.15) is 28.0 Å². The van der Waals surface area contributed by atoms with Gasteiger partial charge >= 0.3 is 0 Å². The first-order valence-corrected chi connectivity index (χ1v) is 9.68. The van der Waals surface area contributed by atoms with E-state index >= 15 is 0 Å². The number of aromatic hydroxyl groups is 1. The van der Waals surface area contributed by atoms with Crippen LogP contribution in [0, 0.1) is 0 Å². The quantitative estimate of drug-likeness (QED) is 0.693. The molecule has 1 atom stereocenters. The lowest BCUT2D eigenvalue weighted by Gasteiger charge is -2.35. The Morgan fingerprint density at radius 3 is 2.45 bits per heavy atom. The summed E-state index contributed by atoms with van der Waals surface area (Å²) in [6.07, 6.45) is 1.89. The number of amides is 1. The van der Waals surface area contributed by atoms with Crippen LogP contribution in [0.4, 0.5) is 5.69 Å². The number of anilines is 1. The summed E-state index contributed by atoms with van der Waals surface area (Å²) in [6, 6.07) is 16.6. The molecule has 0 radical (unpaired) electrons. The molecule has 1 saturated heterocycles. The third kappa shape index (κ3) is 4.41. The summed E-state index contributed by atoms with van der Waals surface area (Å²) in [5.41, 5.74) is 8.60. The lowest BCUT2D eigenvalue weighted by Crippen LogP contribution is -2.48. The van der Waals surface area contributed by atoms with E-state index in [1.165, 1.54) is 12.0 Å². The van der Waals surface area contributed by atoms with E-state index in [-0.39, 0.29) is 17.4 Å². The predicted octanol–water partition coefficient (Wildman–Crippen LogP) is 2.59. The van der Waals surface area contributed by atoms with Gasteiger partial charge in [-0.2, -0.15) is 0 Å². The van der Waals surface area contributed by atoms with Gasteiger partial charge in [0, 0.05) is 31.9 Å². The molecule has 1 aliphatic heterocycles. The highest BCUT2D eigenvalue weighted by Crippen LogP contribution is 2.20. The molecule has 1 aromatic heterocycles. The minimum Gasteiger partial charge on any atom is -0.508 e. The van der Waals surface area contributed by atoms with Crippen LogP contribution in [0.3, 0.4) is 0 Å². The number of nitrogens with zero attached hydrogens (tertiary/aromatic N) is 3. The van der Waals surface area contributed by atoms with E-state index in [2.05, 4.69) is 22.0 Å². The molecule has 0 spiro atoms. The van der Waals surface area contributed by atoms with Crippen LogP contribution in [0.2, 0.25) is 0 Å². The number of piperazine rings is 1. The van der Waals surface area contributed by atoms with Gasteiger partial charge in [-0.1, -0.05) is 30.3 Å². The molecule has 1 amide bonds. The topological polar surface area (TPSA) is 95.8 Å². The van der Waals surface area contributed by atoms with E-state index < -0.39 is 6.04 Å². The van der Waals surface area contributed by atoms with Crippen molar-refractivity contribution in [3.05, 3.63) is 78.0 Å². The molecule has 1 unspecified atom stereocenters. The molecule has 2 heterocycles. The normalized spacial score (nSPS) is 15.3. The SMILES string of the molecule is NC(Cc1ccc(O)cc1)c1nc(C(=O)N2CCN(c3ccccc3)CC2)co1. The fourth-order valence-electron chi connectivity index (χ4n) is 3.50. The standard InChI is InChI=1S/C22H24N4O3/c23-19(14-16-6-8-18(27)9-7-16)21-24-20(15-29-21)22(28)26-12-10-25(11-13-26)17-4-2-1-3-5-17/h1-9,15,19,27H,10-14,23H2. The predicted molar refractivity (Wildman–Crippen MR) is 110 cm³/mol. The average Bonchev–Trinajstić information content (AvgIpc) is 3.26. The maximum atomic E-state index is 12.8. The molecule has 7 heteroatoms. The maximum absolute atomic E-state index is 12.8. The van der Waals surface area contributed by atoms with Crippen molar-refractivity contribution in [3.8, 4) is 5.75 Å². The Morgan fingerprint density at radius 1 is 1.07 bits per heavy atom. The molecule has 3 N–H and O–H groups in total. The van der Waals surface area contributed by atoms with Gasteiger partial charge < -0.3 is 25.1 Å². The highest BCUT2D eigenvalue weighted by atomic mass is 16.3. The lowest BCUT2D eigenvalue weighted by atomic mass is 10.1. The highest BCUT2D eigenvalue weighted by molar-refractivity contribution is 5.92. The Kier molecular flexibility index (Phi) is 5.48. The van der Waals surface area contributed by atoms with Crippen molar-refractivity contribution >= 4 is 11.6 Å². The summed E-state index contributed by atoms with van der Waals surface area (Å²) in [5.74, 6) is 0.410. The van der Waals surface area contributed by atoms with Gasteiger partial charge in [-0.15, -0.1) is 0 Å². The van der Waals surface area contributed by atoms with Gasteiger partial charge in [0.1, 0.15) is 12.0 Å². The van der Waals surface area contributed by atoms with E-state index in [1.807, 2.05) is 18.2 Å². The van der Waals surface area contributed by atoms with Crippen LogP contribution in [-0.2, 0) is 6.42 Å². The summed E-state index contributed by atoms with van der Waals surface area (Å²) in [7, 11) is 0. The first-order valence-electron chi connectivity index (χ1n) is 9.68. The number of para-hydroxylation sites is 1. The smallest absolute Gasteiger partial charge is 0.275 e. The summed E-state index contributed by atoms with van der Waals surface area (Å²) in [6.45, 7) is 2.83. The largest absolute Gasteiger partial charge is 0.508 e. The number of nitrogens with two attached hydrogens (primary N) is 1. The van der Waals surface area contributed by atoms with Crippen LogP contribution < -0.4 is 10.6 Å². The van der Waals surface area contributed by atoms with E-state index in [0.717, 1.165) is 18.7 Å². The van der Waals surface area contributed by atoms with Crippen LogP contribution >= 0.6 is 0 Å². The lowest BCUT2D eigenvalue weighted by molar-refractivity contribution is 0.0740. The van der Waals surface area contributed by atoms with Crippen molar-refractivity contribution in [2.75, 3.05) is 31.1 Å². The highest BCUT2D eigenvalue weighted by Gasteiger charge is 2.25. The number of carbonyl (C=O) groups excluding carboxylic acids is 1. The van der Waals surface area contributed by atoms with Crippen molar-refractivity contribution < 1.29 is 14.3 Å². The number of phenolic OH excluding ortho intramolecular Hbond substituents is 1. The minimum atomic E-state index is -0.462. The third-order valence-electron chi connectivity index (χ3n) is 5.14. The number of rotatable bonds is 5. The van der Waals surface area contributed by atoms with Gasteiger partial charge in [0.15, 0.2) is 5.69 Å². The Hall–Kier alpha value is -3.32. The second kappa shape index (κ2) is 8.36. The molecule has 4 rings (SSSR count). The van der Waals surface area contributed by atoms with E-state index in [4.69, 9.17) is 10.2 Å². The molecule has 29 heavy (non-hydrogen) atoms. The zero-order chi connectivity index (χ0) is 20.2. The zero-order valence-corrected chi connectivity index (χ0v) is 16.1. The summed E-state index contributed by atoms with van der Waals surface area (Å²) in [4.78, 5) is 21.2. The van der Waals surface area contributed by atoms with Gasteiger partial charge in [-0.25, -0.2) is 4.98 Å². The van der Waals surface area contributed by atoms with Gasteiger partial charge in [-0.05, 0) is 36.2 Å². The molecule has 1 aliphatic rings. The average molecular weight is 392 g/mol. The Bertz CT molecular complexity index is 948. The number of aromatic nitrogens is 1. The second-order valence-electron chi connectivity index (χ2n) is 7.16. The summed E-state index contributed by atoms with van der Waals surface area (Å²) in [5, 5.41) is 9.37. The number of hydrogen-bond acceptors (Lipinski definition) is 6. The molecule has 2 aromatic carbocycles. The second-order valence-corrected chi connectivity index (χ2v) is 7.16. The minimum absolute atomic E-state index is 0.135. The van der Waals surface area contributed by atoms with Crippen molar-refractivity contribution in [1.29, 1.82) is 0 Å².